The first-order valence-corrected chi connectivity index (χ1v) is 8.92. The monoisotopic (exact) mass is 388 g/mol. The van der Waals surface area contributed by atoms with Gasteiger partial charge >= 0.3 is 5.97 Å². The number of hydrogen-bond acceptors (Lipinski definition) is 3. The van der Waals surface area contributed by atoms with Crippen LogP contribution in [0.15, 0.2) is 54.6 Å². The second kappa shape index (κ2) is 9.73. The molecule has 0 aromatic heterocycles. The highest BCUT2D eigenvalue weighted by Crippen LogP contribution is 2.20. The fourth-order valence-corrected chi connectivity index (χ4v) is 2.82. The number of amides is 2. The molecule has 0 saturated carbocycles. The Kier molecular flexibility index (Phi) is 7.37. The highest BCUT2D eigenvalue weighted by molar-refractivity contribution is 6.33. The van der Waals surface area contributed by atoms with Crippen molar-refractivity contribution >= 4 is 29.4 Å². The molecular weight excluding hydrogens is 368 g/mol. The molecule has 0 aliphatic heterocycles. The van der Waals surface area contributed by atoms with Crippen LogP contribution >= 0.6 is 11.6 Å². The van der Waals surface area contributed by atoms with Crippen molar-refractivity contribution in [1.29, 1.82) is 0 Å². The van der Waals surface area contributed by atoms with E-state index in [1.165, 1.54) is 0 Å². The van der Waals surface area contributed by atoms with Crippen molar-refractivity contribution in [2.24, 2.45) is 0 Å². The van der Waals surface area contributed by atoms with E-state index in [0.29, 0.717) is 10.6 Å². The van der Waals surface area contributed by atoms with Gasteiger partial charge in [-0.25, -0.2) is 4.79 Å². The van der Waals surface area contributed by atoms with Crippen molar-refractivity contribution in [3.63, 3.8) is 0 Å². The highest BCUT2D eigenvalue weighted by atomic mass is 35.5. The number of hydrogen-bond donors (Lipinski definition) is 3. The molecule has 0 aliphatic rings. The molecule has 3 N–H and O–H groups in total. The summed E-state index contributed by atoms with van der Waals surface area (Å²) in [5.41, 5.74) is 1.04. The molecule has 27 heavy (non-hydrogen) atoms. The number of carboxylic acid groups (broad SMARTS) is 1. The van der Waals surface area contributed by atoms with Gasteiger partial charge in [0.2, 0.25) is 5.91 Å². The van der Waals surface area contributed by atoms with Crippen LogP contribution in [0.3, 0.4) is 0 Å². The molecule has 2 atom stereocenters. The van der Waals surface area contributed by atoms with E-state index in [4.69, 9.17) is 16.7 Å². The largest absolute Gasteiger partial charge is 0.480 e. The van der Waals surface area contributed by atoms with E-state index < -0.39 is 29.9 Å². The topological polar surface area (TPSA) is 95.5 Å². The molecule has 2 aromatic rings. The van der Waals surface area contributed by atoms with Gasteiger partial charge in [-0.1, -0.05) is 61.0 Å². The summed E-state index contributed by atoms with van der Waals surface area (Å²) in [5, 5.41) is 14.7. The summed E-state index contributed by atoms with van der Waals surface area (Å²) < 4.78 is 0. The van der Waals surface area contributed by atoms with Crippen LogP contribution in [-0.4, -0.2) is 28.9 Å². The molecule has 0 bridgehead atoms. The van der Waals surface area contributed by atoms with E-state index in [0.717, 1.165) is 5.56 Å². The Hall–Kier alpha value is -2.86. The third-order valence-corrected chi connectivity index (χ3v) is 4.39. The normalized spacial score (nSPS) is 12.7. The van der Waals surface area contributed by atoms with E-state index in [-0.39, 0.29) is 12.8 Å². The van der Waals surface area contributed by atoms with Crippen molar-refractivity contribution in [2.45, 2.75) is 31.8 Å². The fourth-order valence-electron chi connectivity index (χ4n) is 2.60. The van der Waals surface area contributed by atoms with Crippen LogP contribution in [-0.2, 0) is 9.59 Å². The van der Waals surface area contributed by atoms with Crippen molar-refractivity contribution in [3.05, 3.63) is 70.7 Å². The Labute approximate surface area is 162 Å². The molecule has 0 saturated heterocycles. The van der Waals surface area contributed by atoms with Crippen LogP contribution in [0.2, 0.25) is 5.02 Å². The summed E-state index contributed by atoms with van der Waals surface area (Å²) >= 11 is 6.07. The first-order valence-electron chi connectivity index (χ1n) is 8.54. The van der Waals surface area contributed by atoms with Crippen molar-refractivity contribution in [3.8, 4) is 0 Å². The Bertz CT molecular complexity index is 811. The van der Waals surface area contributed by atoms with Crippen LogP contribution < -0.4 is 10.6 Å². The lowest BCUT2D eigenvalue weighted by Crippen LogP contribution is -2.42. The van der Waals surface area contributed by atoms with Gasteiger partial charge in [-0.3, -0.25) is 9.59 Å². The van der Waals surface area contributed by atoms with E-state index >= 15 is 0 Å². The number of benzene rings is 2. The minimum atomic E-state index is -1.10. The van der Waals surface area contributed by atoms with Gasteiger partial charge in [0.1, 0.15) is 6.04 Å². The second-order valence-corrected chi connectivity index (χ2v) is 6.39. The van der Waals surface area contributed by atoms with Crippen molar-refractivity contribution < 1.29 is 19.5 Å². The second-order valence-electron chi connectivity index (χ2n) is 5.99. The number of carbonyl (C=O) groups is 3. The maximum absolute atomic E-state index is 12.6. The smallest absolute Gasteiger partial charge is 0.326 e. The first-order chi connectivity index (χ1) is 12.9. The molecule has 0 spiro atoms. The lowest BCUT2D eigenvalue weighted by Gasteiger charge is -2.20. The molecule has 0 heterocycles. The first kappa shape index (κ1) is 20.5. The molecule has 2 aromatic carbocycles. The standard InChI is InChI=1S/C20H21ClN2O4/c1-2-16(20(26)27)22-18(24)12-17(13-8-4-3-5-9-13)23-19(25)14-10-6-7-11-15(14)21/h3-11,16-17H,2,12H2,1H3,(H,22,24)(H,23,25)(H,26,27). The zero-order valence-electron chi connectivity index (χ0n) is 14.8. The maximum Gasteiger partial charge on any atom is 0.326 e. The molecule has 2 rings (SSSR count). The Balaban J connectivity index is 2.17. The summed E-state index contributed by atoms with van der Waals surface area (Å²) in [5.74, 6) is -1.97. The molecule has 2 unspecified atom stereocenters. The number of nitrogens with one attached hydrogen (secondary N) is 2. The Morgan fingerprint density at radius 1 is 1.00 bits per heavy atom. The average molecular weight is 389 g/mol. The van der Waals surface area contributed by atoms with Crippen molar-refractivity contribution in [1.82, 2.24) is 10.6 Å². The Morgan fingerprint density at radius 2 is 1.63 bits per heavy atom. The zero-order valence-corrected chi connectivity index (χ0v) is 15.6. The molecule has 2 amide bonds. The van der Waals surface area contributed by atoms with Gasteiger partial charge in [0.15, 0.2) is 0 Å². The summed E-state index contributed by atoms with van der Waals surface area (Å²) in [6.45, 7) is 1.67. The number of aliphatic carboxylic acids is 1. The highest BCUT2D eigenvalue weighted by Gasteiger charge is 2.23. The summed E-state index contributed by atoms with van der Waals surface area (Å²) in [7, 11) is 0. The predicted octanol–water partition coefficient (Wildman–Crippen LogP) is 3.18. The number of halogens is 1. The van der Waals surface area contributed by atoms with E-state index in [2.05, 4.69) is 10.6 Å². The quantitative estimate of drug-likeness (QED) is 0.647. The molecule has 142 valence electrons. The number of carboxylic acids is 1. The molecule has 0 aliphatic carbocycles. The van der Waals surface area contributed by atoms with Gasteiger partial charge in [0.05, 0.1) is 23.0 Å². The lowest BCUT2D eigenvalue weighted by molar-refractivity contribution is -0.142. The predicted molar refractivity (Wildman–Crippen MR) is 103 cm³/mol. The molecule has 0 fully saturated rings. The average Bonchev–Trinajstić information content (AvgIpc) is 2.66. The van der Waals surface area contributed by atoms with Gasteiger partial charge in [-0.05, 0) is 24.1 Å². The summed E-state index contributed by atoms with van der Waals surface area (Å²) in [6.07, 6.45) is 0.174. The summed E-state index contributed by atoms with van der Waals surface area (Å²) in [6, 6.07) is 14.0. The SMILES string of the molecule is CCC(NC(=O)CC(NC(=O)c1ccccc1Cl)c1ccccc1)C(=O)O. The number of rotatable bonds is 8. The van der Waals surface area contributed by atoms with E-state index in [9.17, 15) is 14.4 Å². The lowest BCUT2D eigenvalue weighted by atomic mass is 10.0. The Morgan fingerprint density at radius 3 is 2.22 bits per heavy atom. The third-order valence-electron chi connectivity index (χ3n) is 4.06. The molecule has 7 heteroatoms. The minimum absolute atomic E-state index is 0.0933. The van der Waals surface area contributed by atoms with Crippen LogP contribution in [0.5, 0.6) is 0 Å². The van der Waals surface area contributed by atoms with Gasteiger partial charge < -0.3 is 15.7 Å². The van der Waals surface area contributed by atoms with E-state index in [1.54, 1.807) is 55.5 Å². The van der Waals surface area contributed by atoms with E-state index in [1.807, 2.05) is 6.07 Å². The maximum atomic E-state index is 12.6. The molecule has 6 nitrogen and oxygen atoms in total. The minimum Gasteiger partial charge on any atom is -0.480 e. The van der Waals surface area contributed by atoms with Gasteiger partial charge in [0.25, 0.3) is 5.91 Å². The van der Waals surface area contributed by atoms with Crippen LogP contribution in [0, 0.1) is 0 Å². The zero-order chi connectivity index (χ0) is 19.8. The van der Waals surface area contributed by atoms with Crippen LogP contribution in [0.25, 0.3) is 0 Å². The van der Waals surface area contributed by atoms with Gasteiger partial charge in [-0.15, -0.1) is 0 Å². The van der Waals surface area contributed by atoms with Crippen molar-refractivity contribution in [2.75, 3.05) is 0 Å². The summed E-state index contributed by atoms with van der Waals surface area (Å²) in [4.78, 5) is 36.1. The van der Waals surface area contributed by atoms with Gasteiger partial charge in [0, 0.05) is 0 Å². The van der Waals surface area contributed by atoms with Crippen LogP contribution in [0.4, 0.5) is 0 Å². The third kappa shape index (κ3) is 5.82. The van der Waals surface area contributed by atoms with Gasteiger partial charge in [-0.2, -0.15) is 0 Å². The van der Waals surface area contributed by atoms with Crippen LogP contribution in [0.1, 0.15) is 41.7 Å². The fraction of sp³-hybridized carbons (Fsp3) is 0.250. The number of carbonyl (C=O) groups excluding carboxylic acids is 2. The molecular formula is C20H21ClN2O4. The molecule has 0 radical (unpaired) electrons.